The van der Waals surface area contributed by atoms with E-state index in [1.165, 1.54) is 16.8 Å². The lowest BCUT2D eigenvalue weighted by atomic mass is 10.1. The van der Waals surface area contributed by atoms with Crippen molar-refractivity contribution in [3.8, 4) is 5.69 Å². The first-order chi connectivity index (χ1) is 13.9. The SMILES string of the molecule is Cc1nn(-c2ccc(F)cc2)c(Cl)c1C(=O)N1C[C@H](C)O[C@@H](c2ccccc2)C1. The minimum Gasteiger partial charge on any atom is -0.367 e. The molecule has 5 nitrogen and oxygen atoms in total. The highest BCUT2D eigenvalue weighted by Gasteiger charge is 2.33. The van der Waals surface area contributed by atoms with E-state index in [1.807, 2.05) is 37.3 Å². The van der Waals surface area contributed by atoms with Gasteiger partial charge in [-0.2, -0.15) is 5.10 Å². The van der Waals surface area contributed by atoms with E-state index in [2.05, 4.69) is 5.10 Å². The molecule has 1 saturated heterocycles. The third-order valence-electron chi connectivity index (χ3n) is 5.01. The van der Waals surface area contributed by atoms with Crippen molar-refractivity contribution in [3.05, 3.63) is 82.4 Å². The molecule has 3 aromatic rings. The summed E-state index contributed by atoms with van der Waals surface area (Å²) >= 11 is 6.54. The van der Waals surface area contributed by atoms with Gasteiger partial charge in [-0.05, 0) is 43.7 Å². The van der Waals surface area contributed by atoms with Gasteiger partial charge in [0.05, 0.1) is 29.6 Å². The van der Waals surface area contributed by atoms with Crippen LogP contribution in [0.3, 0.4) is 0 Å². The van der Waals surface area contributed by atoms with Crippen molar-refractivity contribution in [2.75, 3.05) is 13.1 Å². The highest BCUT2D eigenvalue weighted by atomic mass is 35.5. The van der Waals surface area contributed by atoms with E-state index in [-0.39, 0.29) is 29.1 Å². The van der Waals surface area contributed by atoms with Crippen LogP contribution in [0, 0.1) is 12.7 Å². The molecule has 1 amide bonds. The van der Waals surface area contributed by atoms with Gasteiger partial charge in [0.15, 0.2) is 0 Å². The molecule has 0 saturated carbocycles. The molecule has 1 aliphatic heterocycles. The number of hydrogen-bond donors (Lipinski definition) is 0. The predicted octanol–water partition coefficient (Wildman–Crippen LogP) is 4.58. The van der Waals surface area contributed by atoms with Gasteiger partial charge >= 0.3 is 0 Å². The first-order valence-corrected chi connectivity index (χ1v) is 9.82. The number of aryl methyl sites for hydroxylation is 1. The van der Waals surface area contributed by atoms with Crippen LogP contribution >= 0.6 is 11.6 Å². The molecular formula is C22H21ClFN3O2. The summed E-state index contributed by atoms with van der Waals surface area (Å²) in [4.78, 5) is 15.1. The maximum atomic E-state index is 13.3. The predicted molar refractivity (Wildman–Crippen MR) is 109 cm³/mol. The summed E-state index contributed by atoms with van der Waals surface area (Å²) in [5, 5.41) is 4.62. The monoisotopic (exact) mass is 413 g/mol. The van der Waals surface area contributed by atoms with Crippen molar-refractivity contribution in [3.63, 3.8) is 0 Å². The molecule has 2 aromatic carbocycles. The minimum absolute atomic E-state index is 0.107. The second kappa shape index (κ2) is 7.97. The Labute approximate surface area is 173 Å². The topological polar surface area (TPSA) is 47.4 Å². The Hall–Kier alpha value is -2.70. The Morgan fingerprint density at radius 3 is 2.52 bits per heavy atom. The quantitative estimate of drug-likeness (QED) is 0.631. The fourth-order valence-corrected chi connectivity index (χ4v) is 3.98. The molecule has 4 rings (SSSR count). The van der Waals surface area contributed by atoms with Crippen LogP contribution in [-0.2, 0) is 4.74 Å². The Bertz CT molecular complexity index is 1020. The van der Waals surface area contributed by atoms with E-state index in [9.17, 15) is 9.18 Å². The Morgan fingerprint density at radius 2 is 1.83 bits per heavy atom. The van der Waals surface area contributed by atoms with Gasteiger partial charge in [0.1, 0.15) is 17.1 Å². The molecule has 2 heterocycles. The van der Waals surface area contributed by atoms with Crippen molar-refractivity contribution in [2.24, 2.45) is 0 Å². The van der Waals surface area contributed by atoms with Crippen molar-refractivity contribution < 1.29 is 13.9 Å². The minimum atomic E-state index is -0.348. The highest BCUT2D eigenvalue weighted by Crippen LogP contribution is 2.29. The van der Waals surface area contributed by atoms with Gasteiger partial charge in [0.2, 0.25) is 0 Å². The number of amides is 1. The van der Waals surface area contributed by atoms with Crippen LogP contribution in [0.15, 0.2) is 54.6 Å². The fourth-order valence-electron chi connectivity index (χ4n) is 3.62. The van der Waals surface area contributed by atoms with Gasteiger partial charge in [-0.15, -0.1) is 0 Å². The normalized spacial score (nSPS) is 19.4. The van der Waals surface area contributed by atoms with Crippen LogP contribution in [0.25, 0.3) is 5.69 Å². The lowest BCUT2D eigenvalue weighted by Gasteiger charge is -2.37. The molecule has 1 aliphatic rings. The van der Waals surface area contributed by atoms with Gasteiger partial charge in [0, 0.05) is 6.54 Å². The van der Waals surface area contributed by atoms with E-state index in [0.717, 1.165) is 5.56 Å². The van der Waals surface area contributed by atoms with Gasteiger partial charge < -0.3 is 9.64 Å². The summed E-state index contributed by atoms with van der Waals surface area (Å²) in [6.07, 6.45) is -0.306. The van der Waals surface area contributed by atoms with E-state index in [0.29, 0.717) is 30.0 Å². The van der Waals surface area contributed by atoms with Crippen LogP contribution in [0.4, 0.5) is 4.39 Å². The third-order valence-corrected chi connectivity index (χ3v) is 5.36. The molecule has 1 fully saturated rings. The van der Waals surface area contributed by atoms with E-state index < -0.39 is 0 Å². The fraction of sp³-hybridized carbons (Fsp3) is 0.273. The summed E-state index contributed by atoms with van der Waals surface area (Å²) in [5.41, 5.74) is 2.51. The van der Waals surface area contributed by atoms with Crippen molar-refractivity contribution in [1.82, 2.24) is 14.7 Å². The van der Waals surface area contributed by atoms with Crippen molar-refractivity contribution in [1.29, 1.82) is 0 Å². The van der Waals surface area contributed by atoms with Gasteiger partial charge in [-0.3, -0.25) is 4.79 Å². The smallest absolute Gasteiger partial charge is 0.259 e. The number of rotatable bonds is 3. The number of morpholine rings is 1. The number of carbonyl (C=O) groups is 1. The Balaban J connectivity index is 1.63. The number of carbonyl (C=O) groups excluding carboxylic acids is 1. The number of halogens is 2. The molecule has 150 valence electrons. The summed E-state index contributed by atoms with van der Waals surface area (Å²) in [6.45, 7) is 4.60. The number of ether oxygens (including phenoxy) is 1. The van der Waals surface area contributed by atoms with Crippen LogP contribution in [0.2, 0.25) is 5.15 Å². The molecule has 1 aromatic heterocycles. The first kappa shape index (κ1) is 19.6. The summed E-state index contributed by atoms with van der Waals surface area (Å²) in [7, 11) is 0. The summed E-state index contributed by atoms with van der Waals surface area (Å²) in [6, 6.07) is 15.7. The highest BCUT2D eigenvalue weighted by molar-refractivity contribution is 6.33. The zero-order valence-corrected chi connectivity index (χ0v) is 16.9. The summed E-state index contributed by atoms with van der Waals surface area (Å²) < 4.78 is 20.7. The number of nitrogens with zero attached hydrogens (tertiary/aromatic N) is 3. The third kappa shape index (κ3) is 3.91. The Kier molecular flexibility index (Phi) is 5.39. The second-order valence-corrected chi connectivity index (χ2v) is 7.55. The molecule has 29 heavy (non-hydrogen) atoms. The zero-order chi connectivity index (χ0) is 20.5. The van der Waals surface area contributed by atoms with Crippen LogP contribution in [0.5, 0.6) is 0 Å². The second-order valence-electron chi connectivity index (χ2n) is 7.20. The molecule has 0 unspecified atom stereocenters. The maximum absolute atomic E-state index is 13.3. The van der Waals surface area contributed by atoms with Gasteiger partial charge in [0.25, 0.3) is 5.91 Å². The lowest BCUT2D eigenvalue weighted by molar-refractivity contribution is -0.0691. The summed E-state index contributed by atoms with van der Waals surface area (Å²) in [5.74, 6) is -0.531. The molecule has 0 bridgehead atoms. The number of hydrogen-bond acceptors (Lipinski definition) is 3. The zero-order valence-electron chi connectivity index (χ0n) is 16.2. The molecule has 0 radical (unpaired) electrons. The van der Waals surface area contributed by atoms with Crippen LogP contribution < -0.4 is 0 Å². The van der Waals surface area contributed by atoms with Crippen molar-refractivity contribution in [2.45, 2.75) is 26.1 Å². The average molecular weight is 414 g/mol. The molecule has 7 heteroatoms. The van der Waals surface area contributed by atoms with E-state index in [1.54, 1.807) is 24.0 Å². The number of aromatic nitrogens is 2. The molecular weight excluding hydrogens is 393 g/mol. The first-order valence-electron chi connectivity index (χ1n) is 9.44. The molecule has 0 spiro atoms. The molecule has 0 aliphatic carbocycles. The van der Waals surface area contributed by atoms with Crippen molar-refractivity contribution >= 4 is 17.5 Å². The maximum Gasteiger partial charge on any atom is 0.259 e. The molecule has 2 atom stereocenters. The van der Waals surface area contributed by atoms with Gasteiger partial charge in [-0.25, -0.2) is 9.07 Å². The number of benzene rings is 2. The average Bonchev–Trinajstić information content (AvgIpc) is 3.02. The van der Waals surface area contributed by atoms with Crippen LogP contribution in [0.1, 0.15) is 34.6 Å². The Morgan fingerprint density at radius 1 is 1.14 bits per heavy atom. The van der Waals surface area contributed by atoms with Crippen LogP contribution in [-0.4, -0.2) is 39.8 Å². The standard InChI is InChI=1S/C22H21ClFN3O2/c1-14-12-26(13-19(29-14)16-6-4-3-5-7-16)22(28)20-15(2)25-27(21(20)23)18-10-8-17(24)9-11-18/h3-11,14,19H,12-13H2,1-2H3/t14-,19+/m0/s1. The van der Waals surface area contributed by atoms with Gasteiger partial charge in [-0.1, -0.05) is 41.9 Å². The van der Waals surface area contributed by atoms with E-state index >= 15 is 0 Å². The molecule has 0 N–H and O–H groups in total. The van der Waals surface area contributed by atoms with E-state index in [4.69, 9.17) is 16.3 Å². The largest absolute Gasteiger partial charge is 0.367 e. The lowest BCUT2D eigenvalue weighted by Crippen LogP contribution is -2.46.